The van der Waals surface area contributed by atoms with Gasteiger partial charge < -0.3 is 5.73 Å². The third-order valence-corrected chi connectivity index (χ3v) is 6.06. The number of rotatable bonds is 4. The molecule has 1 saturated heterocycles. The molecule has 106 valence electrons. The Morgan fingerprint density at radius 2 is 2.11 bits per heavy atom. The van der Waals surface area contributed by atoms with Gasteiger partial charge in [-0.3, -0.25) is 4.90 Å². The first-order chi connectivity index (χ1) is 8.98. The van der Waals surface area contributed by atoms with Crippen LogP contribution >= 0.6 is 23.4 Å². The van der Waals surface area contributed by atoms with Crippen LogP contribution < -0.4 is 5.73 Å². The molecule has 3 atom stereocenters. The summed E-state index contributed by atoms with van der Waals surface area (Å²) in [5.74, 6) is 1.12. The highest BCUT2D eigenvalue weighted by atomic mass is 35.5. The fourth-order valence-electron chi connectivity index (χ4n) is 2.86. The lowest BCUT2D eigenvalue weighted by Crippen LogP contribution is -2.53. The lowest BCUT2D eigenvalue weighted by atomic mass is 9.91. The molecule has 1 aromatic carbocycles. The molecule has 2 nitrogen and oxygen atoms in total. The standard InChI is InChI=1S/C15H23ClN2S/c1-11-8-15(9-17,10-19-11)18(3)12(2)13-4-6-14(16)7-5-13/h4-7,11-12H,8-10,17H2,1-3H3. The average Bonchev–Trinajstić information content (AvgIpc) is 2.81. The maximum atomic E-state index is 6.10. The van der Waals surface area contributed by atoms with Gasteiger partial charge in [-0.25, -0.2) is 0 Å². The van der Waals surface area contributed by atoms with E-state index in [1.54, 1.807) is 0 Å². The Hall–Kier alpha value is -0.220. The number of hydrogen-bond donors (Lipinski definition) is 1. The Labute approximate surface area is 125 Å². The molecule has 0 aliphatic carbocycles. The van der Waals surface area contributed by atoms with Gasteiger partial charge in [-0.15, -0.1) is 0 Å². The summed E-state index contributed by atoms with van der Waals surface area (Å²) < 4.78 is 0. The third kappa shape index (κ3) is 3.10. The van der Waals surface area contributed by atoms with Crippen LogP contribution in [0, 0.1) is 0 Å². The predicted octanol–water partition coefficient (Wildman–Crippen LogP) is 3.56. The molecule has 2 N–H and O–H groups in total. The fraction of sp³-hybridized carbons (Fsp3) is 0.600. The zero-order valence-electron chi connectivity index (χ0n) is 11.9. The maximum Gasteiger partial charge on any atom is 0.0435 e. The minimum atomic E-state index is 0.128. The van der Waals surface area contributed by atoms with E-state index in [1.165, 1.54) is 12.0 Å². The predicted molar refractivity (Wildman–Crippen MR) is 86.0 cm³/mol. The van der Waals surface area contributed by atoms with E-state index in [4.69, 9.17) is 17.3 Å². The molecule has 4 heteroatoms. The summed E-state index contributed by atoms with van der Waals surface area (Å²) >= 11 is 7.99. The van der Waals surface area contributed by atoms with Crippen LogP contribution in [0.15, 0.2) is 24.3 Å². The molecule has 1 fully saturated rings. The van der Waals surface area contributed by atoms with E-state index in [2.05, 4.69) is 37.9 Å². The molecule has 0 spiro atoms. The van der Waals surface area contributed by atoms with E-state index in [9.17, 15) is 0 Å². The summed E-state index contributed by atoms with van der Waals surface area (Å²) in [6, 6.07) is 8.50. The van der Waals surface area contributed by atoms with Gasteiger partial charge in [-0.1, -0.05) is 30.7 Å². The Morgan fingerprint density at radius 1 is 1.47 bits per heavy atom. The molecule has 0 amide bonds. The lowest BCUT2D eigenvalue weighted by molar-refractivity contribution is 0.103. The van der Waals surface area contributed by atoms with E-state index < -0.39 is 0 Å². The molecule has 0 saturated carbocycles. The number of halogens is 1. The normalized spacial score (nSPS) is 28.8. The van der Waals surface area contributed by atoms with Crippen molar-refractivity contribution in [1.29, 1.82) is 0 Å². The molecule has 0 aromatic heterocycles. The number of hydrogen-bond acceptors (Lipinski definition) is 3. The first-order valence-corrected chi connectivity index (χ1v) is 8.21. The highest BCUT2D eigenvalue weighted by Crippen LogP contribution is 2.40. The molecule has 0 bridgehead atoms. The number of benzene rings is 1. The highest BCUT2D eigenvalue weighted by molar-refractivity contribution is 8.00. The first kappa shape index (κ1) is 15.2. The summed E-state index contributed by atoms with van der Waals surface area (Å²) in [5, 5.41) is 1.49. The van der Waals surface area contributed by atoms with Crippen molar-refractivity contribution in [3.8, 4) is 0 Å². The van der Waals surface area contributed by atoms with E-state index in [1.807, 2.05) is 23.9 Å². The van der Waals surface area contributed by atoms with Crippen molar-refractivity contribution >= 4 is 23.4 Å². The fourth-order valence-corrected chi connectivity index (χ4v) is 4.45. The molecule has 1 heterocycles. The molecule has 19 heavy (non-hydrogen) atoms. The van der Waals surface area contributed by atoms with Crippen molar-refractivity contribution in [2.24, 2.45) is 5.73 Å². The van der Waals surface area contributed by atoms with E-state index in [-0.39, 0.29) is 5.54 Å². The van der Waals surface area contributed by atoms with Gasteiger partial charge in [0.2, 0.25) is 0 Å². The van der Waals surface area contributed by atoms with Gasteiger partial charge in [0.05, 0.1) is 0 Å². The number of likely N-dealkylation sites (N-methyl/N-ethyl adjacent to an activating group) is 1. The molecule has 2 rings (SSSR count). The topological polar surface area (TPSA) is 29.3 Å². The van der Waals surface area contributed by atoms with Crippen molar-refractivity contribution in [3.63, 3.8) is 0 Å². The van der Waals surface area contributed by atoms with Crippen LogP contribution in [0.5, 0.6) is 0 Å². The third-order valence-electron chi connectivity index (χ3n) is 4.37. The van der Waals surface area contributed by atoms with Crippen molar-refractivity contribution in [1.82, 2.24) is 4.90 Å². The van der Waals surface area contributed by atoms with Gasteiger partial charge in [0, 0.05) is 34.2 Å². The van der Waals surface area contributed by atoms with Crippen molar-refractivity contribution in [2.45, 2.75) is 37.1 Å². The Morgan fingerprint density at radius 3 is 2.58 bits per heavy atom. The summed E-state index contributed by atoms with van der Waals surface area (Å²) in [6.45, 7) is 5.26. The first-order valence-electron chi connectivity index (χ1n) is 6.78. The summed E-state index contributed by atoms with van der Waals surface area (Å²) in [5.41, 5.74) is 7.52. The second-order valence-corrected chi connectivity index (χ2v) is 7.46. The van der Waals surface area contributed by atoms with Gasteiger partial charge in [0.15, 0.2) is 0 Å². The van der Waals surface area contributed by atoms with Crippen molar-refractivity contribution in [2.75, 3.05) is 19.3 Å². The number of nitrogens with zero attached hydrogens (tertiary/aromatic N) is 1. The average molecular weight is 299 g/mol. The molecule has 0 radical (unpaired) electrons. The Balaban J connectivity index is 2.18. The number of nitrogens with two attached hydrogens (primary N) is 1. The van der Waals surface area contributed by atoms with Gasteiger partial charge in [-0.2, -0.15) is 11.8 Å². The minimum absolute atomic E-state index is 0.128. The van der Waals surface area contributed by atoms with Crippen molar-refractivity contribution in [3.05, 3.63) is 34.9 Å². The van der Waals surface area contributed by atoms with E-state index >= 15 is 0 Å². The monoisotopic (exact) mass is 298 g/mol. The molecule has 3 unspecified atom stereocenters. The van der Waals surface area contributed by atoms with E-state index in [0.29, 0.717) is 11.3 Å². The molecular formula is C15H23ClN2S. The largest absolute Gasteiger partial charge is 0.329 e. The Bertz CT molecular complexity index is 423. The van der Waals surface area contributed by atoms with Gasteiger partial charge in [-0.05, 0) is 38.1 Å². The molecule has 1 aromatic rings. The SMILES string of the molecule is CC1CC(CN)(N(C)C(C)c2ccc(Cl)cc2)CS1. The molecular weight excluding hydrogens is 276 g/mol. The van der Waals surface area contributed by atoms with Crippen LogP contribution in [-0.4, -0.2) is 35.0 Å². The zero-order valence-corrected chi connectivity index (χ0v) is 13.5. The van der Waals surface area contributed by atoms with Crippen LogP contribution in [0.3, 0.4) is 0 Å². The van der Waals surface area contributed by atoms with Crippen molar-refractivity contribution < 1.29 is 0 Å². The highest BCUT2D eigenvalue weighted by Gasteiger charge is 2.42. The van der Waals surface area contributed by atoms with Crippen LogP contribution in [0.25, 0.3) is 0 Å². The quantitative estimate of drug-likeness (QED) is 0.921. The second kappa shape index (κ2) is 6.04. The maximum absolute atomic E-state index is 6.10. The molecule has 1 aliphatic rings. The summed E-state index contributed by atoms with van der Waals surface area (Å²) in [6.07, 6.45) is 1.17. The molecule has 1 aliphatic heterocycles. The van der Waals surface area contributed by atoms with Gasteiger partial charge >= 0.3 is 0 Å². The van der Waals surface area contributed by atoms with Crippen LogP contribution in [0.2, 0.25) is 5.02 Å². The summed E-state index contributed by atoms with van der Waals surface area (Å²) in [7, 11) is 2.20. The zero-order chi connectivity index (χ0) is 14.0. The van der Waals surface area contributed by atoms with Crippen LogP contribution in [0.1, 0.15) is 31.9 Å². The van der Waals surface area contributed by atoms with Crippen LogP contribution in [0.4, 0.5) is 0 Å². The number of thioether (sulfide) groups is 1. The van der Waals surface area contributed by atoms with E-state index in [0.717, 1.165) is 17.3 Å². The second-order valence-electron chi connectivity index (χ2n) is 5.59. The minimum Gasteiger partial charge on any atom is -0.329 e. The van der Waals surface area contributed by atoms with Gasteiger partial charge in [0.1, 0.15) is 0 Å². The van der Waals surface area contributed by atoms with Gasteiger partial charge in [0.25, 0.3) is 0 Å². The van der Waals surface area contributed by atoms with Crippen LogP contribution in [-0.2, 0) is 0 Å². The Kier molecular flexibility index (Phi) is 4.83. The summed E-state index contributed by atoms with van der Waals surface area (Å²) in [4.78, 5) is 2.45. The smallest absolute Gasteiger partial charge is 0.0435 e. The lowest BCUT2D eigenvalue weighted by Gasteiger charge is -2.41.